The maximum Gasteiger partial charge on any atom is 0.267 e. The molecule has 0 radical (unpaired) electrons. The highest BCUT2D eigenvalue weighted by Gasteiger charge is 2.15. The van der Waals surface area contributed by atoms with Gasteiger partial charge in [-0.25, -0.2) is 0 Å². The Hall–Kier alpha value is -3.80. The molecule has 0 saturated carbocycles. The highest BCUT2D eigenvalue weighted by Crippen LogP contribution is 2.13. The Morgan fingerprint density at radius 3 is 2.37 bits per heavy atom. The lowest BCUT2D eigenvalue weighted by Crippen LogP contribution is -2.35. The third kappa shape index (κ3) is 5.85. The van der Waals surface area contributed by atoms with Gasteiger partial charge in [-0.05, 0) is 55.3 Å². The van der Waals surface area contributed by atoms with Gasteiger partial charge in [-0.3, -0.25) is 9.59 Å². The second kappa shape index (κ2) is 10.1. The average Bonchev–Trinajstić information content (AvgIpc) is 3.18. The lowest BCUT2D eigenvalue weighted by atomic mass is 10.1. The fourth-order valence-corrected chi connectivity index (χ4v) is 2.82. The summed E-state index contributed by atoms with van der Waals surface area (Å²) in [5.41, 5.74) is 1.65. The number of carbonyl (C=O) groups excluding carboxylic acids is 2. The van der Waals surface area contributed by atoms with E-state index in [1.165, 1.54) is 6.08 Å². The summed E-state index contributed by atoms with van der Waals surface area (Å²) in [5.74, 6) is 1.23. The van der Waals surface area contributed by atoms with Crippen molar-refractivity contribution in [1.29, 1.82) is 0 Å². The van der Waals surface area contributed by atoms with Crippen molar-refractivity contribution in [3.8, 4) is 5.75 Å². The fourth-order valence-electron chi connectivity index (χ4n) is 2.82. The molecule has 6 heteroatoms. The van der Waals surface area contributed by atoms with Gasteiger partial charge in [0.25, 0.3) is 11.8 Å². The van der Waals surface area contributed by atoms with Crippen LogP contribution in [0.1, 0.15) is 27.4 Å². The number of benzene rings is 2. The van der Waals surface area contributed by atoms with Crippen molar-refractivity contribution in [3.05, 3.63) is 95.1 Å². The largest absolute Gasteiger partial charge is 0.497 e. The van der Waals surface area contributed by atoms with E-state index in [1.54, 1.807) is 43.5 Å². The van der Waals surface area contributed by atoms with Gasteiger partial charge in [0.1, 0.15) is 23.0 Å². The Balaban J connectivity index is 1.68. The molecule has 0 unspecified atom stereocenters. The fraction of sp³-hybridized carbons (Fsp3) is 0.167. The van der Waals surface area contributed by atoms with Crippen molar-refractivity contribution in [2.24, 2.45) is 0 Å². The van der Waals surface area contributed by atoms with Gasteiger partial charge in [-0.2, -0.15) is 0 Å². The van der Waals surface area contributed by atoms with Crippen LogP contribution < -0.4 is 15.4 Å². The first-order valence-electron chi connectivity index (χ1n) is 9.61. The topological polar surface area (TPSA) is 80.6 Å². The van der Waals surface area contributed by atoms with Gasteiger partial charge in [0.2, 0.25) is 0 Å². The first kappa shape index (κ1) is 20.9. The lowest BCUT2D eigenvalue weighted by molar-refractivity contribution is -0.117. The van der Waals surface area contributed by atoms with Gasteiger partial charge in [0.15, 0.2) is 0 Å². The average molecular weight is 404 g/mol. The van der Waals surface area contributed by atoms with Gasteiger partial charge < -0.3 is 19.8 Å². The van der Waals surface area contributed by atoms with Crippen LogP contribution in [0.15, 0.2) is 76.8 Å². The minimum Gasteiger partial charge on any atom is -0.497 e. The molecule has 1 heterocycles. The van der Waals surface area contributed by atoms with Gasteiger partial charge in [0.05, 0.1) is 7.11 Å². The maximum absolute atomic E-state index is 12.8. The molecule has 0 fully saturated rings. The summed E-state index contributed by atoms with van der Waals surface area (Å²) in [7, 11) is 1.62. The molecular weight excluding hydrogens is 380 g/mol. The van der Waals surface area contributed by atoms with Gasteiger partial charge in [-0.1, -0.05) is 30.3 Å². The van der Waals surface area contributed by atoms with E-state index in [-0.39, 0.29) is 17.5 Å². The Bertz CT molecular complexity index is 1020. The molecule has 154 valence electrons. The Morgan fingerprint density at radius 1 is 1.00 bits per heavy atom. The monoisotopic (exact) mass is 404 g/mol. The van der Waals surface area contributed by atoms with Crippen LogP contribution in [0, 0.1) is 6.92 Å². The third-order valence-corrected chi connectivity index (χ3v) is 4.43. The van der Waals surface area contributed by atoms with Crippen molar-refractivity contribution in [3.63, 3.8) is 0 Å². The van der Waals surface area contributed by atoms with Crippen molar-refractivity contribution in [2.75, 3.05) is 13.7 Å². The normalized spacial score (nSPS) is 11.1. The van der Waals surface area contributed by atoms with E-state index in [2.05, 4.69) is 10.6 Å². The summed E-state index contributed by atoms with van der Waals surface area (Å²) >= 11 is 0. The van der Waals surface area contributed by atoms with Crippen molar-refractivity contribution < 1.29 is 18.7 Å². The van der Waals surface area contributed by atoms with E-state index in [4.69, 9.17) is 9.15 Å². The molecule has 6 nitrogen and oxygen atoms in total. The predicted octanol–water partition coefficient (Wildman–Crippen LogP) is 3.73. The van der Waals surface area contributed by atoms with Crippen LogP contribution in [-0.2, 0) is 11.2 Å². The molecule has 3 aromatic rings. The van der Waals surface area contributed by atoms with Crippen molar-refractivity contribution >= 4 is 17.9 Å². The molecule has 30 heavy (non-hydrogen) atoms. The summed E-state index contributed by atoms with van der Waals surface area (Å²) < 4.78 is 10.7. The number of rotatable bonds is 8. The van der Waals surface area contributed by atoms with Gasteiger partial charge >= 0.3 is 0 Å². The van der Waals surface area contributed by atoms with E-state index < -0.39 is 0 Å². The molecule has 0 spiro atoms. The maximum atomic E-state index is 12.8. The van der Waals surface area contributed by atoms with Crippen LogP contribution >= 0.6 is 0 Å². The van der Waals surface area contributed by atoms with Crippen LogP contribution in [0.5, 0.6) is 5.75 Å². The summed E-state index contributed by atoms with van der Waals surface area (Å²) in [6.07, 6.45) is 2.17. The Kier molecular flexibility index (Phi) is 7.05. The standard InChI is InChI=1S/C24H24N2O4/c1-17-8-11-21(30-17)16-22(26-23(27)19-6-4-3-5-7-19)24(28)25-15-14-18-9-12-20(29-2)13-10-18/h3-13,16H,14-15H2,1-2H3,(H,25,28)(H,26,27)/b22-16+. The zero-order valence-electron chi connectivity index (χ0n) is 17.0. The van der Waals surface area contributed by atoms with Crippen molar-refractivity contribution in [2.45, 2.75) is 13.3 Å². The van der Waals surface area contributed by atoms with E-state index in [0.717, 1.165) is 17.1 Å². The number of nitrogens with one attached hydrogen (secondary N) is 2. The molecule has 0 saturated heterocycles. The van der Waals surface area contributed by atoms with Crippen LogP contribution in [-0.4, -0.2) is 25.5 Å². The Morgan fingerprint density at radius 2 is 1.73 bits per heavy atom. The van der Waals surface area contributed by atoms with Crippen LogP contribution in [0.3, 0.4) is 0 Å². The molecular formula is C24H24N2O4. The molecule has 0 aliphatic heterocycles. The van der Waals surface area contributed by atoms with Crippen LogP contribution in [0.2, 0.25) is 0 Å². The summed E-state index contributed by atoms with van der Waals surface area (Å²) in [6, 6.07) is 19.9. The highest BCUT2D eigenvalue weighted by molar-refractivity contribution is 6.05. The minimum absolute atomic E-state index is 0.118. The molecule has 0 aliphatic carbocycles. The van der Waals surface area contributed by atoms with Gasteiger partial charge in [-0.15, -0.1) is 0 Å². The smallest absolute Gasteiger partial charge is 0.267 e. The molecule has 0 atom stereocenters. The third-order valence-electron chi connectivity index (χ3n) is 4.43. The number of hydrogen-bond donors (Lipinski definition) is 2. The first-order valence-corrected chi connectivity index (χ1v) is 9.61. The lowest BCUT2D eigenvalue weighted by Gasteiger charge is -2.11. The van der Waals surface area contributed by atoms with Crippen LogP contribution in [0.25, 0.3) is 6.08 Å². The zero-order valence-corrected chi connectivity index (χ0v) is 17.0. The van der Waals surface area contributed by atoms with Crippen LogP contribution in [0.4, 0.5) is 0 Å². The summed E-state index contributed by atoms with van der Waals surface area (Å²) in [4.78, 5) is 25.3. The number of methoxy groups -OCH3 is 1. The number of amides is 2. The minimum atomic E-state index is -0.387. The molecule has 2 amide bonds. The summed E-state index contributed by atoms with van der Waals surface area (Å²) in [6.45, 7) is 2.23. The SMILES string of the molecule is COc1ccc(CCNC(=O)/C(=C\c2ccc(C)o2)NC(=O)c2ccccc2)cc1. The second-order valence-corrected chi connectivity index (χ2v) is 6.68. The quantitative estimate of drug-likeness (QED) is 0.561. The number of aryl methyl sites for hydroxylation is 1. The van der Waals surface area contributed by atoms with E-state index in [9.17, 15) is 9.59 Å². The number of carbonyl (C=O) groups is 2. The molecule has 0 aliphatic rings. The summed E-state index contributed by atoms with van der Waals surface area (Å²) in [5, 5.41) is 5.54. The first-order chi connectivity index (χ1) is 14.5. The van der Waals surface area contributed by atoms with E-state index in [1.807, 2.05) is 37.3 Å². The second-order valence-electron chi connectivity index (χ2n) is 6.68. The number of ether oxygens (including phenoxy) is 1. The predicted molar refractivity (Wildman–Crippen MR) is 115 cm³/mol. The van der Waals surface area contributed by atoms with Gasteiger partial charge in [0, 0.05) is 18.2 Å². The highest BCUT2D eigenvalue weighted by atomic mass is 16.5. The number of furan rings is 1. The molecule has 2 aromatic carbocycles. The Labute approximate surface area is 175 Å². The molecule has 1 aromatic heterocycles. The molecule has 0 bridgehead atoms. The molecule has 2 N–H and O–H groups in total. The number of hydrogen-bond acceptors (Lipinski definition) is 4. The van der Waals surface area contributed by atoms with Crippen molar-refractivity contribution in [1.82, 2.24) is 10.6 Å². The van der Waals surface area contributed by atoms with E-state index in [0.29, 0.717) is 24.3 Å². The molecule has 3 rings (SSSR count). The van der Waals surface area contributed by atoms with E-state index >= 15 is 0 Å². The zero-order chi connectivity index (χ0) is 21.3.